The van der Waals surface area contributed by atoms with Crippen molar-refractivity contribution in [1.29, 1.82) is 0 Å². The normalized spacial score (nSPS) is 17.4. The summed E-state index contributed by atoms with van der Waals surface area (Å²) >= 11 is 0. The molecule has 1 heterocycles. The van der Waals surface area contributed by atoms with Crippen molar-refractivity contribution in [3.63, 3.8) is 0 Å². The molecular weight excluding hydrogens is 313 g/mol. The van der Waals surface area contributed by atoms with Crippen molar-refractivity contribution in [2.75, 3.05) is 13.1 Å². The molecule has 1 aromatic carbocycles. The zero-order valence-corrected chi connectivity index (χ0v) is 14.3. The Hall–Kier alpha value is -2.11. The average molecular weight is 337 g/mol. The van der Waals surface area contributed by atoms with Gasteiger partial charge in [0.05, 0.1) is 5.41 Å². The Bertz CT molecular complexity index is 616. The molecule has 1 saturated heterocycles. The first-order valence-electron chi connectivity index (χ1n) is 8.08. The SMILES string of the molecule is CC(C)(C)OC(=O)N1CCC(Cc2ccccc2F)(C(=O)O)CC1. The maximum absolute atomic E-state index is 13.9. The molecule has 1 fully saturated rings. The van der Waals surface area contributed by atoms with Crippen LogP contribution in [0.25, 0.3) is 0 Å². The second kappa shape index (κ2) is 6.79. The lowest BCUT2D eigenvalue weighted by molar-refractivity contribution is -0.152. The van der Waals surface area contributed by atoms with Crippen LogP contribution < -0.4 is 0 Å². The number of likely N-dealkylation sites (tertiary alicyclic amines) is 1. The van der Waals surface area contributed by atoms with E-state index in [2.05, 4.69) is 0 Å². The standard InChI is InChI=1S/C18H24FNO4/c1-17(2,3)24-16(23)20-10-8-18(9-11-20,15(21)22)12-13-6-4-5-7-14(13)19/h4-7H,8-12H2,1-3H3,(H,21,22). The van der Waals surface area contributed by atoms with E-state index in [0.29, 0.717) is 5.56 Å². The summed E-state index contributed by atoms with van der Waals surface area (Å²) in [6.07, 6.45) is 0.232. The largest absolute Gasteiger partial charge is 0.481 e. The highest BCUT2D eigenvalue weighted by molar-refractivity contribution is 5.76. The number of carboxylic acids is 1. The summed E-state index contributed by atoms with van der Waals surface area (Å²) < 4.78 is 19.2. The fourth-order valence-corrected chi connectivity index (χ4v) is 2.92. The first-order valence-corrected chi connectivity index (χ1v) is 8.08. The van der Waals surface area contributed by atoms with E-state index in [9.17, 15) is 19.1 Å². The number of aliphatic carboxylic acids is 1. The molecule has 5 nitrogen and oxygen atoms in total. The van der Waals surface area contributed by atoms with Crippen molar-refractivity contribution in [3.8, 4) is 0 Å². The van der Waals surface area contributed by atoms with E-state index in [1.165, 1.54) is 11.0 Å². The smallest absolute Gasteiger partial charge is 0.410 e. The summed E-state index contributed by atoms with van der Waals surface area (Å²) in [4.78, 5) is 25.5. The van der Waals surface area contributed by atoms with E-state index >= 15 is 0 Å². The minimum atomic E-state index is -1.05. The van der Waals surface area contributed by atoms with Gasteiger partial charge in [0.2, 0.25) is 0 Å². The maximum Gasteiger partial charge on any atom is 0.410 e. The van der Waals surface area contributed by atoms with Gasteiger partial charge in [0.15, 0.2) is 0 Å². The Balaban J connectivity index is 2.08. The van der Waals surface area contributed by atoms with Crippen molar-refractivity contribution in [3.05, 3.63) is 35.6 Å². The minimum absolute atomic E-state index is 0.122. The molecule has 0 unspecified atom stereocenters. The molecule has 0 aliphatic carbocycles. The summed E-state index contributed by atoms with van der Waals surface area (Å²) in [6.45, 7) is 5.93. The van der Waals surface area contributed by atoms with Gasteiger partial charge in [-0.15, -0.1) is 0 Å². The number of carbonyl (C=O) groups excluding carboxylic acids is 1. The molecule has 1 N–H and O–H groups in total. The average Bonchev–Trinajstić information content (AvgIpc) is 2.48. The second-order valence-electron chi connectivity index (χ2n) is 7.32. The highest BCUT2D eigenvalue weighted by Crippen LogP contribution is 2.36. The van der Waals surface area contributed by atoms with Crippen molar-refractivity contribution in [2.45, 2.75) is 45.6 Å². The second-order valence-corrected chi connectivity index (χ2v) is 7.32. The summed E-state index contributed by atoms with van der Waals surface area (Å²) in [5, 5.41) is 9.70. The molecule has 6 heteroatoms. The highest BCUT2D eigenvalue weighted by atomic mass is 19.1. The van der Waals surface area contributed by atoms with Crippen molar-refractivity contribution in [1.82, 2.24) is 4.90 Å². The van der Waals surface area contributed by atoms with Crippen LogP contribution in [0.4, 0.5) is 9.18 Å². The summed E-state index contributed by atoms with van der Waals surface area (Å²) in [5.74, 6) is -1.35. The van der Waals surface area contributed by atoms with Crippen LogP contribution in [-0.2, 0) is 16.0 Å². The lowest BCUT2D eigenvalue weighted by Crippen LogP contribution is -2.48. The van der Waals surface area contributed by atoms with Crippen molar-refractivity contribution >= 4 is 12.1 Å². The number of carbonyl (C=O) groups is 2. The molecule has 0 atom stereocenters. The molecule has 0 aromatic heterocycles. The third kappa shape index (κ3) is 4.24. The number of piperidine rings is 1. The predicted octanol–water partition coefficient (Wildman–Crippen LogP) is 3.47. The lowest BCUT2D eigenvalue weighted by atomic mass is 9.74. The first kappa shape index (κ1) is 18.2. The van der Waals surface area contributed by atoms with Crippen molar-refractivity contribution in [2.24, 2.45) is 5.41 Å². The van der Waals surface area contributed by atoms with E-state index < -0.39 is 28.9 Å². The fourth-order valence-electron chi connectivity index (χ4n) is 2.92. The van der Waals surface area contributed by atoms with E-state index in [0.717, 1.165) is 0 Å². The molecule has 1 aromatic rings. The van der Waals surface area contributed by atoms with Crippen LogP contribution in [0.5, 0.6) is 0 Å². The number of rotatable bonds is 3. The van der Waals surface area contributed by atoms with Gasteiger partial charge in [0.25, 0.3) is 0 Å². The zero-order chi connectivity index (χ0) is 18.0. The topological polar surface area (TPSA) is 66.8 Å². The van der Waals surface area contributed by atoms with Gasteiger partial charge in [-0.05, 0) is 51.7 Å². The number of hydrogen-bond acceptors (Lipinski definition) is 3. The fraction of sp³-hybridized carbons (Fsp3) is 0.556. The van der Waals surface area contributed by atoms with Crippen LogP contribution in [0.2, 0.25) is 0 Å². The van der Waals surface area contributed by atoms with Gasteiger partial charge >= 0.3 is 12.1 Å². The van der Waals surface area contributed by atoms with Gasteiger partial charge in [-0.2, -0.15) is 0 Å². The molecule has 0 radical (unpaired) electrons. The van der Waals surface area contributed by atoms with Crippen LogP contribution in [0, 0.1) is 11.2 Å². The molecule has 1 aliphatic rings. The van der Waals surface area contributed by atoms with E-state index in [1.807, 2.05) is 0 Å². The molecule has 1 amide bonds. The van der Waals surface area contributed by atoms with Crippen LogP contribution in [0.1, 0.15) is 39.2 Å². The number of ether oxygens (including phenoxy) is 1. The Labute approximate surface area is 141 Å². The third-order valence-electron chi connectivity index (χ3n) is 4.31. The molecule has 0 bridgehead atoms. The molecule has 2 rings (SSSR count). The first-order chi connectivity index (χ1) is 11.1. The Kier molecular flexibility index (Phi) is 5.16. The molecular formula is C18H24FNO4. The summed E-state index contributed by atoms with van der Waals surface area (Å²) in [5.41, 5.74) is -1.25. The number of nitrogens with zero attached hydrogens (tertiary/aromatic N) is 1. The van der Waals surface area contributed by atoms with E-state index in [1.54, 1.807) is 39.0 Å². The van der Waals surface area contributed by atoms with Gasteiger partial charge in [0, 0.05) is 13.1 Å². The molecule has 24 heavy (non-hydrogen) atoms. The Morgan fingerprint density at radius 3 is 2.33 bits per heavy atom. The van der Waals surface area contributed by atoms with Crippen LogP contribution in [0.15, 0.2) is 24.3 Å². The number of carboxylic acid groups (broad SMARTS) is 1. The third-order valence-corrected chi connectivity index (χ3v) is 4.31. The number of benzene rings is 1. The lowest BCUT2D eigenvalue weighted by Gasteiger charge is -2.39. The van der Waals surface area contributed by atoms with Gasteiger partial charge in [0.1, 0.15) is 11.4 Å². The summed E-state index contributed by atoms with van der Waals surface area (Å²) in [6, 6.07) is 6.22. The number of hydrogen-bond donors (Lipinski definition) is 1. The number of amides is 1. The van der Waals surface area contributed by atoms with E-state index in [4.69, 9.17) is 4.74 Å². The van der Waals surface area contributed by atoms with Crippen molar-refractivity contribution < 1.29 is 23.8 Å². The van der Waals surface area contributed by atoms with Gasteiger partial charge in [-0.1, -0.05) is 18.2 Å². The molecule has 132 valence electrons. The predicted molar refractivity (Wildman–Crippen MR) is 87.2 cm³/mol. The van der Waals surface area contributed by atoms with Crippen LogP contribution in [-0.4, -0.2) is 40.8 Å². The van der Waals surface area contributed by atoms with E-state index in [-0.39, 0.29) is 32.4 Å². The quantitative estimate of drug-likeness (QED) is 0.917. The highest BCUT2D eigenvalue weighted by Gasteiger charge is 2.43. The maximum atomic E-state index is 13.9. The molecule has 0 saturated carbocycles. The molecule has 0 spiro atoms. The van der Waals surface area contributed by atoms with Crippen LogP contribution in [0.3, 0.4) is 0 Å². The Morgan fingerprint density at radius 2 is 1.83 bits per heavy atom. The Morgan fingerprint density at radius 1 is 1.25 bits per heavy atom. The zero-order valence-electron chi connectivity index (χ0n) is 14.3. The number of halogens is 1. The minimum Gasteiger partial charge on any atom is -0.481 e. The van der Waals surface area contributed by atoms with Gasteiger partial charge in [-0.25, -0.2) is 9.18 Å². The van der Waals surface area contributed by atoms with Gasteiger partial charge < -0.3 is 14.7 Å². The summed E-state index contributed by atoms with van der Waals surface area (Å²) in [7, 11) is 0. The molecule has 1 aliphatic heterocycles. The monoisotopic (exact) mass is 337 g/mol. The van der Waals surface area contributed by atoms with Crippen LogP contribution >= 0.6 is 0 Å². The van der Waals surface area contributed by atoms with Gasteiger partial charge in [-0.3, -0.25) is 4.79 Å².